The summed E-state index contributed by atoms with van der Waals surface area (Å²) >= 11 is 0. The summed E-state index contributed by atoms with van der Waals surface area (Å²) in [5.41, 5.74) is 0. The zero-order chi connectivity index (χ0) is 14.2. The van der Waals surface area contributed by atoms with Crippen LogP contribution in [0, 0.1) is 0 Å². The monoisotopic (exact) mass is 290 g/mol. The number of nitrogens with one attached hydrogen (secondary N) is 1. The largest absolute Gasteiger partial charge is 0.338 e. The number of aromatic nitrogens is 2. The van der Waals surface area contributed by atoms with Crippen LogP contribution in [0.2, 0.25) is 0 Å². The van der Waals surface area contributed by atoms with E-state index in [-0.39, 0.29) is 6.04 Å². The second-order valence-electron chi connectivity index (χ2n) is 7.07. The molecule has 21 heavy (non-hydrogen) atoms. The Kier molecular flexibility index (Phi) is 3.71. The summed E-state index contributed by atoms with van der Waals surface area (Å²) in [6.07, 6.45) is 10.0. The zero-order valence-corrected chi connectivity index (χ0v) is 12.9. The molecule has 0 amide bonds. The fraction of sp³-hybridized carbons (Fsp3) is 0.875. The van der Waals surface area contributed by atoms with Crippen LogP contribution in [-0.2, 0) is 0 Å². The van der Waals surface area contributed by atoms with E-state index in [9.17, 15) is 0 Å². The van der Waals surface area contributed by atoms with Crippen molar-refractivity contribution in [1.29, 1.82) is 0 Å². The van der Waals surface area contributed by atoms with Crippen molar-refractivity contribution in [3.05, 3.63) is 11.7 Å². The van der Waals surface area contributed by atoms with E-state index >= 15 is 0 Å². The lowest BCUT2D eigenvalue weighted by Crippen LogP contribution is -2.39. The fourth-order valence-corrected chi connectivity index (χ4v) is 4.42. The molecule has 3 aliphatic heterocycles. The number of piperidine rings is 1. The van der Waals surface area contributed by atoms with E-state index in [0.29, 0.717) is 5.92 Å². The van der Waals surface area contributed by atoms with E-state index in [1.807, 2.05) is 0 Å². The zero-order valence-electron chi connectivity index (χ0n) is 12.9. The van der Waals surface area contributed by atoms with Gasteiger partial charge in [0.2, 0.25) is 5.89 Å². The number of hydrogen-bond acceptors (Lipinski definition) is 5. The normalized spacial score (nSPS) is 37.6. The van der Waals surface area contributed by atoms with Crippen molar-refractivity contribution < 1.29 is 4.52 Å². The molecule has 0 radical (unpaired) electrons. The lowest BCUT2D eigenvalue weighted by molar-refractivity contribution is 0.157. The highest BCUT2D eigenvalue weighted by Crippen LogP contribution is 2.41. The quantitative estimate of drug-likeness (QED) is 0.907. The van der Waals surface area contributed by atoms with Gasteiger partial charge in [0.15, 0.2) is 5.82 Å². The minimum absolute atomic E-state index is 0.275. The molecule has 5 nitrogen and oxygen atoms in total. The highest BCUT2D eigenvalue weighted by atomic mass is 16.5. The lowest BCUT2D eigenvalue weighted by Gasteiger charge is -2.34. The second-order valence-corrected chi connectivity index (χ2v) is 7.07. The molecule has 116 valence electrons. The van der Waals surface area contributed by atoms with Crippen molar-refractivity contribution in [2.75, 3.05) is 13.6 Å². The fourth-order valence-electron chi connectivity index (χ4n) is 4.42. The molecule has 0 aliphatic carbocycles. The van der Waals surface area contributed by atoms with Gasteiger partial charge in [0, 0.05) is 18.0 Å². The van der Waals surface area contributed by atoms with Gasteiger partial charge in [0.05, 0.1) is 6.04 Å². The van der Waals surface area contributed by atoms with Gasteiger partial charge >= 0.3 is 0 Å². The maximum absolute atomic E-state index is 5.59. The maximum Gasteiger partial charge on any atom is 0.243 e. The highest BCUT2D eigenvalue weighted by Gasteiger charge is 2.40. The Morgan fingerprint density at radius 2 is 1.90 bits per heavy atom. The molecule has 1 aromatic heterocycles. The third-order valence-electron chi connectivity index (χ3n) is 5.78. The average molecular weight is 290 g/mol. The smallest absolute Gasteiger partial charge is 0.243 e. The van der Waals surface area contributed by atoms with Crippen LogP contribution in [0.1, 0.15) is 75.0 Å². The van der Waals surface area contributed by atoms with E-state index in [1.165, 1.54) is 44.9 Å². The summed E-state index contributed by atoms with van der Waals surface area (Å²) in [4.78, 5) is 7.32. The summed E-state index contributed by atoms with van der Waals surface area (Å²) in [5, 5.41) is 7.87. The SMILES string of the molecule is CN1C2CCC1CC(c1noc(C3CCCCCN3)n1)C2. The van der Waals surface area contributed by atoms with Crippen molar-refractivity contribution in [3.8, 4) is 0 Å². The first-order chi connectivity index (χ1) is 10.3. The Hall–Kier alpha value is -0.940. The van der Waals surface area contributed by atoms with E-state index in [0.717, 1.165) is 36.8 Å². The number of rotatable bonds is 2. The van der Waals surface area contributed by atoms with Crippen LogP contribution >= 0.6 is 0 Å². The Bertz CT molecular complexity index is 466. The Labute approximate surface area is 126 Å². The predicted molar refractivity (Wildman–Crippen MR) is 80.1 cm³/mol. The molecule has 4 heterocycles. The molecule has 3 aliphatic rings. The van der Waals surface area contributed by atoms with Crippen molar-refractivity contribution in [2.45, 2.75) is 75.4 Å². The number of nitrogens with zero attached hydrogens (tertiary/aromatic N) is 3. The number of hydrogen-bond donors (Lipinski definition) is 1. The molecule has 1 aromatic rings. The Morgan fingerprint density at radius 1 is 1.10 bits per heavy atom. The summed E-state index contributed by atoms with van der Waals surface area (Å²) < 4.78 is 5.59. The molecule has 3 unspecified atom stereocenters. The summed E-state index contributed by atoms with van der Waals surface area (Å²) in [6, 6.07) is 1.73. The third kappa shape index (κ3) is 2.61. The van der Waals surface area contributed by atoms with E-state index in [1.54, 1.807) is 0 Å². The summed E-state index contributed by atoms with van der Waals surface area (Å²) in [5.74, 6) is 2.28. The van der Waals surface area contributed by atoms with Gasteiger partial charge in [-0.3, -0.25) is 0 Å². The van der Waals surface area contributed by atoms with Crippen LogP contribution in [0.15, 0.2) is 4.52 Å². The first-order valence-corrected chi connectivity index (χ1v) is 8.60. The van der Waals surface area contributed by atoms with Crippen LogP contribution in [0.4, 0.5) is 0 Å². The Morgan fingerprint density at radius 3 is 2.71 bits per heavy atom. The van der Waals surface area contributed by atoms with Crippen molar-refractivity contribution >= 4 is 0 Å². The third-order valence-corrected chi connectivity index (χ3v) is 5.78. The van der Waals surface area contributed by atoms with Crippen molar-refractivity contribution in [2.24, 2.45) is 0 Å². The van der Waals surface area contributed by atoms with Crippen LogP contribution in [0.3, 0.4) is 0 Å². The van der Waals surface area contributed by atoms with Crippen LogP contribution in [-0.4, -0.2) is 40.7 Å². The molecule has 1 N–H and O–H groups in total. The molecule has 3 atom stereocenters. The summed E-state index contributed by atoms with van der Waals surface area (Å²) in [6.45, 7) is 1.07. The van der Waals surface area contributed by atoms with Gasteiger partial charge < -0.3 is 14.7 Å². The van der Waals surface area contributed by atoms with Crippen LogP contribution in [0.5, 0.6) is 0 Å². The highest BCUT2D eigenvalue weighted by molar-refractivity contribution is 5.06. The topological polar surface area (TPSA) is 54.2 Å². The molecular formula is C16H26N4O. The van der Waals surface area contributed by atoms with Gasteiger partial charge in [-0.2, -0.15) is 4.98 Å². The van der Waals surface area contributed by atoms with E-state index in [4.69, 9.17) is 9.51 Å². The number of fused-ring (bicyclic) bond motifs is 2. The van der Waals surface area contributed by atoms with Crippen LogP contribution in [0.25, 0.3) is 0 Å². The van der Waals surface area contributed by atoms with E-state index in [2.05, 4.69) is 22.4 Å². The Balaban J connectivity index is 1.47. The van der Waals surface area contributed by atoms with E-state index < -0.39 is 0 Å². The molecule has 3 saturated heterocycles. The minimum atomic E-state index is 0.275. The molecule has 0 aromatic carbocycles. The predicted octanol–water partition coefficient (Wildman–Crippen LogP) is 2.61. The first kappa shape index (κ1) is 13.7. The first-order valence-electron chi connectivity index (χ1n) is 8.60. The van der Waals surface area contributed by atoms with Crippen molar-refractivity contribution in [3.63, 3.8) is 0 Å². The molecule has 5 heteroatoms. The van der Waals surface area contributed by atoms with Gasteiger partial charge in [0.1, 0.15) is 0 Å². The molecular weight excluding hydrogens is 264 g/mol. The van der Waals surface area contributed by atoms with Gasteiger partial charge in [-0.1, -0.05) is 18.0 Å². The molecule has 3 fully saturated rings. The molecule has 2 bridgehead atoms. The van der Waals surface area contributed by atoms with Gasteiger partial charge in [-0.25, -0.2) is 0 Å². The minimum Gasteiger partial charge on any atom is -0.338 e. The second kappa shape index (κ2) is 5.69. The average Bonchev–Trinajstić information content (AvgIpc) is 2.91. The van der Waals surface area contributed by atoms with Crippen molar-refractivity contribution in [1.82, 2.24) is 20.4 Å². The van der Waals surface area contributed by atoms with Crippen LogP contribution < -0.4 is 5.32 Å². The summed E-state index contributed by atoms with van der Waals surface area (Å²) in [7, 11) is 2.27. The molecule has 0 saturated carbocycles. The van der Waals surface area contributed by atoms with Gasteiger partial charge in [0.25, 0.3) is 0 Å². The standard InChI is InChI=1S/C16H26N4O/c1-20-12-6-7-13(20)10-11(9-12)15-18-16(21-19-15)14-5-3-2-4-8-17-14/h11-14,17H,2-10H2,1H3. The molecule has 0 spiro atoms. The van der Waals surface area contributed by atoms with Gasteiger partial charge in [-0.15, -0.1) is 0 Å². The molecule has 4 rings (SSSR count). The van der Waals surface area contributed by atoms with Gasteiger partial charge in [-0.05, 0) is 52.1 Å². The maximum atomic E-state index is 5.59. The lowest BCUT2D eigenvalue weighted by atomic mass is 9.90.